The molecule has 0 unspecified atom stereocenters. The van der Waals surface area contributed by atoms with Crippen LogP contribution in [0.1, 0.15) is 39.5 Å². The Morgan fingerprint density at radius 3 is 2.52 bits per heavy atom. The molecule has 3 heterocycles. The monoisotopic (exact) mass is 394 g/mol. The van der Waals surface area contributed by atoms with E-state index in [-0.39, 0.29) is 17.7 Å². The van der Waals surface area contributed by atoms with Crippen LogP contribution in [0.15, 0.2) is 0 Å². The Labute approximate surface area is 164 Å². The molecule has 0 saturated carbocycles. The van der Waals surface area contributed by atoms with Crippen LogP contribution in [0.2, 0.25) is 0 Å². The largest absolute Gasteiger partial charge is 0.355 e. The smallest absolute Gasteiger partial charge is 0.228 e. The van der Waals surface area contributed by atoms with E-state index >= 15 is 0 Å². The van der Waals surface area contributed by atoms with Gasteiger partial charge in [-0.05, 0) is 32.4 Å². The molecule has 150 valence electrons. The van der Waals surface area contributed by atoms with Crippen molar-refractivity contribution in [1.82, 2.24) is 20.4 Å². The molecule has 8 nitrogen and oxygen atoms in total. The minimum Gasteiger partial charge on any atom is -0.355 e. The summed E-state index contributed by atoms with van der Waals surface area (Å²) < 4.78 is 0. The highest BCUT2D eigenvalue weighted by molar-refractivity contribution is 7.19. The van der Waals surface area contributed by atoms with Crippen molar-refractivity contribution in [2.75, 3.05) is 55.6 Å². The first-order valence-corrected chi connectivity index (χ1v) is 10.8. The van der Waals surface area contributed by atoms with Gasteiger partial charge in [0.2, 0.25) is 22.1 Å². The van der Waals surface area contributed by atoms with E-state index in [4.69, 9.17) is 0 Å². The number of hydrogen-bond acceptors (Lipinski definition) is 7. The zero-order valence-corrected chi connectivity index (χ0v) is 17.1. The number of anilines is 2. The Morgan fingerprint density at radius 2 is 1.89 bits per heavy atom. The van der Waals surface area contributed by atoms with Gasteiger partial charge in [-0.3, -0.25) is 14.5 Å². The van der Waals surface area contributed by atoms with Crippen molar-refractivity contribution in [1.29, 1.82) is 0 Å². The number of nitrogens with one attached hydrogen (secondary N) is 1. The van der Waals surface area contributed by atoms with Crippen LogP contribution < -0.4 is 15.1 Å². The van der Waals surface area contributed by atoms with Gasteiger partial charge < -0.3 is 15.1 Å². The second kappa shape index (κ2) is 9.45. The SMILES string of the molecule is CCN(CC)CCNC(=O)C1CCN(c2nnc(N3CCCC3=O)s2)CC1. The predicted molar refractivity (Wildman–Crippen MR) is 107 cm³/mol. The Kier molecular flexibility index (Phi) is 7.01. The number of likely N-dealkylation sites (N-methyl/N-ethyl adjacent to an activating group) is 1. The average Bonchev–Trinajstić information content (AvgIpc) is 3.34. The van der Waals surface area contributed by atoms with Gasteiger partial charge in [0.25, 0.3) is 0 Å². The molecule has 0 radical (unpaired) electrons. The van der Waals surface area contributed by atoms with Crippen molar-refractivity contribution in [3.63, 3.8) is 0 Å². The van der Waals surface area contributed by atoms with E-state index in [9.17, 15) is 9.59 Å². The summed E-state index contributed by atoms with van der Waals surface area (Å²) in [7, 11) is 0. The molecule has 3 rings (SSSR count). The molecule has 1 aromatic rings. The summed E-state index contributed by atoms with van der Waals surface area (Å²) in [5.74, 6) is 0.380. The van der Waals surface area contributed by atoms with E-state index in [2.05, 4.69) is 39.2 Å². The quantitative estimate of drug-likeness (QED) is 0.717. The molecule has 2 aliphatic heterocycles. The van der Waals surface area contributed by atoms with Gasteiger partial charge in [0.1, 0.15) is 0 Å². The second-order valence-corrected chi connectivity index (χ2v) is 8.03. The lowest BCUT2D eigenvalue weighted by Crippen LogP contribution is -2.42. The molecule has 9 heteroatoms. The molecule has 2 fully saturated rings. The summed E-state index contributed by atoms with van der Waals surface area (Å²) in [4.78, 5) is 30.5. The van der Waals surface area contributed by atoms with Crippen LogP contribution in [0.3, 0.4) is 0 Å². The number of carbonyl (C=O) groups excluding carboxylic acids is 2. The minimum absolute atomic E-state index is 0.0745. The van der Waals surface area contributed by atoms with Crippen LogP contribution >= 0.6 is 11.3 Å². The molecule has 2 amide bonds. The standard InChI is InChI=1S/C18H30N6O2S/c1-3-22(4-2)13-9-19-16(26)14-7-11-23(12-8-14)17-20-21-18(27-17)24-10-5-6-15(24)25/h14H,3-13H2,1-2H3,(H,19,26). The fourth-order valence-corrected chi connectivity index (χ4v) is 4.59. The van der Waals surface area contributed by atoms with E-state index in [0.717, 1.165) is 63.7 Å². The highest BCUT2D eigenvalue weighted by atomic mass is 32.1. The zero-order valence-electron chi connectivity index (χ0n) is 16.3. The maximum atomic E-state index is 12.4. The van der Waals surface area contributed by atoms with E-state index < -0.39 is 0 Å². The Balaban J connectivity index is 1.44. The lowest BCUT2D eigenvalue weighted by atomic mass is 9.96. The fraction of sp³-hybridized carbons (Fsp3) is 0.778. The van der Waals surface area contributed by atoms with Gasteiger partial charge in [-0.15, -0.1) is 10.2 Å². The summed E-state index contributed by atoms with van der Waals surface area (Å²) in [5.41, 5.74) is 0. The Hall–Kier alpha value is -1.74. The molecule has 27 heavy (non-hydrogen) atoms. The van der Waals surface area contributed by atoms with Gasteiger partial charge >= 0.3 is 0 Å². The summed E-state index contributed by atoms with van der Waals surface area (Å²) in [6.07, 6.45) is 3.15. The third-order valence-electron chi connectivity index (χ3n) is 5.47. The van der Waals surface area contributed by atoms with E-state index in [1.165, 1.54) is 11.3 Å². The molecule has 2 aliphatic rings. The minimum atomic E-state index is 0.0745. The first kappa shape index (κ1) is 20.0. The molecule has 0 bridgehead atoms. The fourth-order valence-electron chi connectivity index (χ4n) is 3.65. The van der Waals surface area contributed by atoms with E-state index in [1.54, 1.807) is 4.90 Å². The first-order chi connectivity index (χ1) is 13.1. The van der Waals surface area contributed by atoms with Crippen LogP contribution in [0, 0.1) is 5.92 Å². The molecule has 1 N–H and O–H groups in total. The van der Waals surface area contributed by atoms with E-state index in [0.29, 0.717) is 18.1 Å². The zero-order chi connectivity index (χ0) is 19.2. The summed E-state index contributed by atoms with van der Waals surface area (Å²) >= 11 is 1.47. The van der Waals surface area contributed by atoms with Gasteiger partial charge in [-0.2, -0.15) is 0 Å². The summed E-state index contributed by atoms with van der Waals surface area (Å²) in [6, 6.07) is 0. The maximum Gasteiger partial charge on any atom is 0.228 e. The van der Waals surface area contributed by atoms with Crippen LogP contribution in [-0.2, 0) is 9.59 Å². The number of carbonyl (C=O) groups is 2. The van der Waals surface area contributed by atoms with Crippen molar-refractivity contribution in [2.24, 2.45) is 5.92 Å². The van der Waals surface area contributed by atoms with Crippen LogP contribution in [0.4, 0.5) is 10.3 Å². The third-order valence-corrected chi connectivity index (χ3v) is 6.47. The topological polar surface area (TPSA) is 81.7 Å². The van der Waals surface area contributed by atoms with Crippen molar-refractivity contribution in [3.8, 4) is 0 Å². The number of amides is 2. The molecule has 0 aliphatic carbocycles. The van der Waals surface area contributed by atoms with Crippen LogP contribution in [0.25, 0.3) is 0 Å². The van der Waals surface area contributed by atoms with Crippen molar-refractivity contribution < 1.29 is 9.59 Å². The summed E-state index contributed by atoms with van der Waals surface area (Å²) in [6.45, 7) is 10.3. The third kappa shape index (κ3) is 4.95. The number of rotatable bonds is 8. The number of aromatic nitrogens is 2. The number of nitrogens with zero attached hydrogens (tertiary/aromatic N) is 5. The van der Waals surface area contributed by atoms with Gasteiger partial charge in [0.05, 0.1) is 0 Å². The van der Waals surface area contributed by atoms with Crippen molar-refractivity contribution >= 4 is 33.4 Å². The summed E-state index contributed by atoms with van der Waals surface area (Å²) in [5, 5.41) is 13.1. The molecular weight excluding hydrogens is 364 g/mol. The number of hydrogen-bond donors (Lipinski definition) is 1. The lowest BCUT2D eigenvalue weighted by Gasteiger charge is -2.30. The molecule has 0 aromatic carbocycles. The first-order valence-electron chi connectivity index (χ1n) is 10.0. The van der Waals surface area contributed by atoms with Crippen LogP contribution in [-0.4, -0.2) is 72.7 Å². The van der Waals surface area contributed by atoms with E-state index in [1.807, 2.05) is 0 Å². The average molecular weight is 395 g/mol. The van der Waals surface area contributed by atoms with Crippen molar-refractivity contribution in [2.45, 2.75) is 39.5 Å². The molecule has 2 saturated heterocycles. The van der Waals surface area contributed by atoms with Crippen molar-refractivity contribution in [3.05, 3.63) is 0 Å². The van der Waals surface area contributed by atoms with Crippen LogP contribution in [0.5, 0.6) is 0 Å². The number of piperidine rings is 1. The van der Waals surface area contributed by atoms with Gasteiger partial charge in [0.15, 0.2) is 0 Å². The Morgan fingerprint density at radius 1 is 1.19 bits per heavy atom. The highest BCUT2D eigenvalue weighted by Gasteiger charge is 2.29. The van der Waals surface area contributed by atoms with Gasteiger partial charge in [-0.1, -0.05) is 25.2 Å². The molecule has 0 spiro atoms. The molecular formula is C18H30N6O2S. The lowest BCUT2D eigenvalue weighted by molar-refractivity contribution is -0.125. The van der Waals surface area contributed by atoms with Gasteiger partial charge in [-0.25, -0.2) is 0 Å². The Bertz CT molecular complexity index is 640. The normalized spacial score (nSPS) is 18.6. The second-order valence-electron chi connectivity index (χ2n) is 7.10. The molecule has 0 atom stereocenters. The molecule has 1 aromatic heterocycles. The predicted octanol–water partition coefficient (Wildman–Crippen LogP) is 1.34. The van der Waals surface area contributed by atoms with Gasteiger partial charge in [0, 0.05) is 45.1 Å². The highest BCUT2D eigenvalue weighted by Crippen LogP contribution is 2.32. The maximum absolute atomic E-state index is 12.4.